The number of hydrogen-bond donors (Lipinski definition) is 2. The Morgan fingerprint density at radius 2 is 1.88 bits per heavy atom. The minimum Gasteiger partial charge on any atom is -0.508 e. The average molecular weight is 337 g/mol. The minimum absolute atomic E-state index is 0.104. The molecule has 0 radical (unpaired) electrons. The molecule has 4 unspecified atom stereocenters. The van der Waals surface area contributed by atoms with E-state index in [-0.39, 0.29) is 11.7 Å². The van der Waals surface area contributed by atoms with Gasteiger partial charge in [0, 0.05) is 11.5 Å². The second-order valence-corrected chi connectivity index (χ2v) is 6.48. The highest BCUT2D eigenvalue weighted by Crippen LogP contribution is 2.51. The van der Waals surface area contributed by atoms with Gasteiger partial charge >= 0.3 is 0 Å². The van der Waals surface area contributed by atoms with Gasteiger partial charge in [0.15, 0.2) is 11.6 Å². The predicted molar refractivity (Wildman–Crippen MR) is 88.5 cm³/mol. The lowest BCUT2D eigenvalue weighted by atomic mass is 9.79. The van der Waals surface area contributed by atoms with Crippen molar-refractivity contribution >= 4 is 0 Å². The number of benzene rings is 2. The van der Waals surface area contributed by atoms with E-state index in [1.807, 2.05) is 0 Å². The standard InChI is InChI=1S/C20H16FNO3/c21-19-16(24)6-3-12-9-15(11-1-4-14(23)5-2-11)18(17(12)19)20-13(10-22)7-8-25-20/h1-8,13,15,18,20,23-24H,9H2. The monoisotopic (exact) mass is 337 g/mol. The minimum atomic E-state index is -0.643. The van der Waals surface area contributed by atoms with Crippen LogP contribution in [0.5, 0.6) is 11.5 Å². The van der Waals surface area contributed by atoms with Crippen LogP contribution in [0.2, 0.25) is 0 Å². The lowest BCUT2D eigenvalue weighted by Crippen LogP contribution is -2.27. The van der Waals surface area contributed by atoms with Crippen LogP contribution in [-0.4, -0.2) is 16.3 Å². The van der Waals surface area contributed by atoms with Crippen LogP contribution in [0.3, 0.4) is 0 Å². The summed E-state index contributed by atoms with van der Waals surface area (Å²) >= 11 is 0. The molecule has 126 valence electrons. The van der Waals surface area contributed by atoms with Crippen molar-refractivity contribution < 1.29 is 19.3 Å². The van der Waals surface area contributed by atoms with Crippen LogP contribution in [0.4, 0.5) is 4.39 Å². The van der Waals surface area contributed by atoms with Crippen LogP contribution < -0.4 is 0 Å². The molecule has 1 aliphatic carbocycles. The lowest BCUT2D eigenvalue weighted by molar-refractivity contribution is 0.113. The third-order valence-corrected chi connectivity index (χ3v) is 5.16. The lowest BCUT2D eigenvalue weighted by Gasteiger charge is -2.28. The molecule has 1 aliphatic heterocycles. The smallest absolute Gasteiger partial charge is 0.168 e. The van der Waals surface area contributed by atoms with Gasteiger partial charge in [0.2, 0.25) is 0 Å². The molecule has 0 bridgehead atoms. The molecule has 2 aromatic rings. The molecule has 2 N–H and O–H groups in total. The quantitative estimate of drug-likeness (QED) is 0.876. The maximum absolute atomic E-state index is 14.7. The van der Waals surface area contributed by atoms with Crippen molar-refractivity contribution in [2.24, 2.45) is 5.92 Å². The van der Waals surface area contributed by atoms with Gasteiger partial charge in [-0.1, -0.05) is 18.2 Å². The summed E-state index contributed by atoms with van der Waals surface area (Å²) in [6.45, 7) is 0. The van der Waals surface area contributed by atoms with Crippen LogP contribution >= 0.6 is 0 Å². The molecule has 4 nitrogen and oxygen atoms in total. The molecule has 0 spiro atoms. The van der Waals surface area contributed by atoms with Gasteiger partial charge in [0.05, 0.1) is 12.3 Å². The molecule has 2 aromatic carbocycles. The van der Waals surface area contributed by atoms with Crippen LogP contribution in [-0.2, 0) is 11.2 Å². The molecular weight excluding hydrogens is 321 g/mol. The summed E-state index contributed by atoms with van der Waals surface area (Å²) in [4.78, 5) is 0. The van der Waals surface area contributed by atoms with Crippen molar-refractivity contribution in [2.75, 3.05) is 0 Å². The van der Waals surface area contributed by atoms with E-state index in [4.69, 9.17) is 4.74 Å². The van der Waals surface area contributed by atoms with Crippen molar-refractivity contribution in [1.29, 1.82) is 5.26 Å². The SMILES string of the molecule is N#CC1C=COC1C1c2c(ccc(O)c2F)CC1c1ccc(O)cc1. The Balaban J connectivity index is 1.84. The number of rotatable bonds is 2. The zero-order valence-electron chi connectivity index (χ0n) is 13.3. The Morgan fingerprint density at radius 3 is 2.60 bits per heavy atom. The van der Waals surface area contributed by atoms with Gasteiger partial charge in [-0.05, 0) is 47.7 Å². The summed E-state index contributed by atoms with van der Waals surface area (Å²) in [5.41, 5.74) is 2.17. The van der Waals surface area contributed by atoms with E-state index >= 15 is 0 Å². The molecule has 2 aliphatic rings. The fraction of sp³-hybridized carbons (Fsp3) is 0.250. The van der Waals surface area contributed by atoms with Gasteiger partial charge in [-0.3, -0.25) is 0 Å². The summed E-state index contributed by atoms with van der Waals surface area (Å²) in [5.74, 6) is -1.85. The number of halogens is 1. The normalized spacial score (nSPS) is 26.9. The topological polar surface area (TPSA) is 73.5 Å². The Labute approximate surface area is 144 Å². The summed E-state index contributed by atoms with van der Waals surface area (Å²) in [7, 11) is 0. The van der Waals surface area contributed by atoms with Gasteiger partial charge in [0.1, 0.15) is 17.8 Å². The van der Waals surface area contributed by atoms with Gasteiger partial charge < -0.3 is 14.9 Å². The van der Waals surface area contributed by atoms with E-state index in [1.54, 1.807) is 36.4 Å². The highest BCUT2D eigenvalue weighted by molar-refractivity contribution is 5.48. The van der Waals surface area contributed by atoms with E-state index in [2.05, 4.69) is 6.07 Å². The number of phenols is 2. The molecule has 0 fully saturated rings. The van der Waals surface area contributed by atoms with Crippen molar-refractivity contribution in [2.45, 2.75) is 24.4 Å². The second-order valence-electron chi connectivity index (χ2n) is 6.48. The third kappa shape index (κ3) is 2.42. The first-order valence-corrected chi connectivity index (χ1v) is 8.11. The number of phenolic OH excluding ortho intramolecular Hbond substituents is 2. The third-order valence-electron chi connectivity index (χ3n) is 5.16. The molecule has 4 rings (SSSR count). The number of ether oxygens (including phenoxy) is 1. The molecule has 0 aromatic heterocycles. The van der Waals surface area contributed by atoms with Crippen molar-refractivity contribution in [3.8, 4) is 17.6 Å². The Kier molecular flexibility index (Phi) is 3.61. The highest BCUT2D eigenvalue weighted by atomic mass is 19.1. The van der Waals surface area contributed by atoms with E-state index < -0.39 is 29.5 Å². The first-order valence-electron chi connectivity index (χ1n) is 8.11. The zero-order chi connectivity index (χ0) is 17.6. The molecule has 25 heavy (non-hydrogen) atoms. The van der Waals surface area contributed by atoms with E-state index in [0.29, 0.717) is 12.0 Å². The maximum Gasteiger partial charge on any atom is 0.168 e. The number of nitrogens with zero attached hydrogens (tertiary/aromatic N) is 1. The average Bonchev–Trinajstić information content (AvgIpc) is 3.22. The van der Waals surface area contributed by atoms with Crippen LogP contribution in [0.1, 0.15) is 28.5 Å². The number of fused-ring (bicyclic) bond motifs is 1. The van der Waals surface area contributed by atoms with Gasteiger partial charge in [0.25, 0.3) is 0 Å². The largest absolute Gasteiger partial charge is 0.508 e. The number of hydrogen-bond acceptors (Lipinski definition) is 4. The molecule has 0 saturated carbocycles. The van der Waals surface area contributed by atoms with Gasteiger partial charge in [-0.15, -0.1) is 0 Å². The number of aromatic hydroxyl groups is 2. The van der Waals surface area contributed by atoms with E-state index in [1.165, 1.54) is 12.3 Å². The molecule has 1 heterocycles. The van der Waals surface area contributed by atoms with E-state index in [9.17, 15) is 19.9 Å². The highest BCUT2D eigenvalue weighted by Gasteiger charge is 2.46. The maximum atomic E-state index is 14.7. The molecule has 0 amide bonds. The van der Waals surface area contributed by atoms with Crippen molar-refractivity contribution in [1.82, 2.24) is 0 Å². The summed E-state index contributed by atoms with van der Waals surface area (Å²) < 4.78 is 20.4. The van der Waals surface area contributed by atoms with Crippen molar-refractivity contribution in [3.05, 3.63) is 71.2 Å². The first kappa shape index (κ1) is 15.5. The predicted octanol–water partition coefficient (Wildman–Crippen LogP) is 3.71. The fourth-order valence-corrected chi connectivity index (χ4v) is 4.00. The Bertz CT molecular complexity index is 885. The summed E-state index contributed by atoms with van der Waals surface area (Å²) in [6, 6.07) is 12.1. The van der Waals surface area contributed by atoms with Gasteiger partial charge in [-0.2, -0.15) is 5.26 Å². The van der Waals surface area contributed by atoms with Crippen molar-refractivity contribution in [3.63, 3.8) is 0 Å². The number of nitriles is 1. The first-order chi connectivity index (χ1) is 12.1. The van der Waals surface area contributed by atoms with Gasteiger partial charge in [-0.25, -0.2) is 4.39 Å². The van der Waals surface area contributed by atoms with E-state index in [0.717, 1.165) is 11.1 Å². The molecule has 4 atom stereocenters. The molecule has 5 heteroatoms. The summed E-state index contributed by atoms with van der Waals surface area (Å²) in [5, 5.41) is 28.8. The van der Waals surface area contributed by atoms with Crippen LogP contribution in [0, 0.1) is 23.1 Å². The zero-order valence-corrected chi connectivity index (χ0v) is 13.3. The van der Waals surface area contributed by atoms with Crippen LogP contribution in [0.15, 0.2) is 48.7 Å². The second kappa shape index (κ2) is 5.82. The fourth-order valence-electron chi connectivity index (χ4n) is 4.00. The summed E-state index contributed by atoms with van der Waals surface area (Å²) in [6.07, 6.45) is 3.24. The Morgan fingerprint density at radius 1 is 1.12 bits per heavy atom. The van der Waals surface area contributed by atoms with Crippen LogP contribution in [0.25, 0.3) is 0 Å². The molecule has 0 saturated heterocycles. The Hall–Kier alpha value is -3.00. The molecular formula is C20H16FNO3.